The first-order valence-corrected chi connectivity index (χ1v) is 15.2. The third kappa shape index (κ3) is 5.61. The van der Waals surface area contributed by atoms with Crippen molar-refractivity contribution in [2.45, 2.75) is 11.4 Å². The average Bonchev–Trinajstić information content (AvgIpc) is 3.41. The number of aryl methyl sites for hydroxylation is 1. The maximum Gasteiger partial charge on any atom is 0.274 e. The van der Waals surface area contributed by atoms with Crippen LogP contribution in [0.15, 0.2) is 53.7 Å². The zero-order chi connectivity index (χ0) is 28.1. The van der Waals surface area contributed by atoms with E-state index >= 15 is 0 Å². The number of aromatic nitrogens is 4. The van der Waals surface area contributed by atoms with Crippen molar-refractivity contribution in [1.29, 1.82) is 0 Å². The molecule has 12 nitrogen and oxygen atoms in total. The van der Waals surface area contributed by atoms with Crippen LogP contribution in [-0.4, -0.2) is 66.0 Å². The van der Waals surface area contributed by atoms with E-state index < -0.39 is 31.8 Å². The smallest absolute Gasteiger partial charge is 0.274 e. The van der Waals surface area contributed by atoms with Crippen molar-refractivity contribution in [3.63, 3.8) is 0 Å². The van der Waals surface area contributed by atoms with E-state index in [1.807, 2.05) is 0 Å². The van der Waals surface area contributed by atoms with Crippen LogP contribution in [0.4, 0.5) is 15.8 Å². The first-order valence-electron chi connectivity index (χ1n) is 11.5. The Morgan fingerprint density at radius 3 is 2.54 bits per heavy atom. The summed E-state index contributed by atoms with van der Waals surface area (Å²) in [5.41, 5.74) is 1.12. The minimum atomic E-state index is -3.98. The maximum atomic E-state index is 13.4. The molecule has 2 N–H and O–H groups in total. The number of benzene rings is 2. The number of hydrogen-bond acceptors (Lipinski definition) is 7. The van der Waals surface area contributed by atoms with Crippen LogP contribution in [-0.2, 0) is 33.6 Å². The summed E-state index contributed by atoms with van der Waals surface area (Å²) in [5, 5.41) is 11.4. The molecule has 0 aliphatic carbocycles. The Labute approximate surface area is 228 Å². The van der Waals surface area contributed by atoms with Crippen LogP contribution in [0.5, 0.6) is 0 Å². The summed E-state index contributed by atoms with van der Waals surface area (Å²) in [6.45, 7) is 1.11. The Hall–Kier alpha value is -3.53. The molecule has 0 spiro atoms. The molecule has 0 atom stereocenters. The second kappa shape index (κ2) is 9.89. The number of hydrogen-bond donors (Lipinski definition) is 2. The molecule has 1 saturated heterocycles. The minimum absolute atomic E-state index is 0.0427. The number of nitrogens with one attached hydrogen (secondary N) is 2. The summed E-state index contributed by atoms with van der Waals surface area (Å²) >= 11 is 5.79. The highest BCUT2D eigenvalue weighted by Crippen LogP contribution is 2.26. The van der Waals surface area contributed by atoms with Gasteiger partial charge in [-0.25, -0.2) is 25.5 Å². The summed E-state index contributed by atoms with van der Waals surface area (Å²) in [4.78, 5) is 12.9. The first kappa shape index (κ1) is 27.1. The third-order valence-electron chi connectivity index (χ3n) is 6.24. The Morgan fingerprint density at radius 1 is 1.13 bits per heavy atom. The molecule has 39 heavy (non-hydrogen) atoms. The van der Waals surface area contributed by atoms with Gasteiger partial charge in [0.25, 0.3) is 15.9 Å². The summed E-state index contributed by atoms with van der Waals surface area (Å²) in [6, 6.07) is 8.38. The van der Waals surface area contributed by atoms with Gasteiger partial charge in [0.15, 0.2) is 0 Å². The zero-order valence-electron chi connectivity index (χ0n) is 20.7. The van der Waals surface area contributed by atoms with Crippen LogP contribution in [0.3, 0.4) is 0 Å². The summed E-state index contributed by atoms with van der Waals surface area (Å²) in [7, 11) is -5.64. The van der Waals surface area contributed by atoms with E-state index in [2.05, 4.69) is 20.2 Å². The van der Waals surface area contributed by atoms with Crippen LogP contribution in [0.1, 0.15) is 10.5 Å². The number of carbonyl (C=O) groups excluding carboxylic acids is 1. The molecule has 1 fully saturated rings. The second-order valence-electron chi connectivity index (χ2n) is 9.24. The van der Waals surface area contributed by atoms with Crippen molar-refractivity contribution in [3.8, 4) is 0 Å². The van der Waals surface area contributed by atoms with Gasteiger partial charge in [-0.15, -0.1) is 0 Å². The highest BCUT2D eigenvalue weighted by Gasteiger charge is 2.33. The van der Waals surface area contributed by atoms with Gasteiger partial charge in [0, 0.05) is 49.9 Å². The van der Waals surface area contributed by atoms with Crippen molar-refractivity contribution in [3.05, 3.63) is 65.3 Å². The van der Waals surface area contributed by atoms with Gasteiger partial charge in [0.05, 0.1) is 28.7 Å². The molecule has 5 rings (SSSR count). The number of nitrogens with zero attached hydrogens (tertiary/aromatic N) is 5. The van der Waals surface area contributed by atoms with Gasteiger partial charge >= 0.3 is 0 Å². The first-order chi connectivity index (χ1) is 18.3. The Bertz CT molecular complexity index is 1820. The van der Waals surface area contributed by atoms with Gasteiger partial charge < -0.3 is 5.32 Å². The van der Waals surface area contributed by atoms with Crippen molar-refractivity contribution < 1.29 is 26.0 Å². The van der Waals surface area contributed by atoms with Gasteiger partial charge in [-0.05, 0) is 36.4 Å². The van der Waals surface area contributed by atoms with Crippen molar-refractivity contribution in [2.24, 2.45) is 13.0 Å². The van der Waals surface area contributed by atoms with E-state index in [1.165, 1.54) is 50.3 Å². The summed E-state index contributed by atoms with van der Waals surface area (Å²) in [5.74, 6) is -1.07. The molecule has 2 aromatic carbocycles. The molecule has 0 bridgehead atoms. The molecule has 0 unspecified atom stereocenters. The van der Waals surface area contributed by atoms with Crippen molar-refractivity contribution in [1.82, 2.24) is 23.9 Å². The van der Waals surface area contributed by atoms with E-state index in [9.17, 15) is 26.0 Å². The van der Waals surface area contributed by atoms with Crippen LogP contribution in [0, 0.1) is 11.7 Å². The van der Waals surface area contributed by atoms with Gasteiger partial charge in [0.2, 0.25) is 10.0 Å². The van der Waals surface area contributed by atoms with E-state index in [0.29, 0.717) is 36.2 Å². The van der Waals surface area contributed by atoms with Crippen LogP contribution in [0.2, 0.25) is 5.02 Å². The minimum Gasteiger partial charge on any atom is -0.321 e. The molecule has 1 amide bonds. The van der Waals surface area contributed by atoms with Gasteiger partial charge in [-0.3, -0.25) is 18.9 Å². The molecular formula is C23H23ClFN7O5S2. The number of carbonyl (C=O) groups is 1. The molecule has 0 radical (unpaired) electrons. The quantitative estimate of drug-likeness (QED) is 0.318. The van der Waals surface area contributed by atoms with Gasteiger partial charge in [0.1, 0.15) is 16.4 Å². The monoisotopic (exact) mass is 595 g/mol. The lowest BCUT2D eigenvalue weighted by atomic mass is 10.0. The highest BCUT2D eigenvalue weighted by molar-refractivity contribution is 7.92. The molecular weight excluding hydrogens is 573 g/mol. The largest absolute Gasteiger partial charge is 0.321 e. The Kier molecular flexibility index (Phi) is 6.86. The third-order valence-corrected chi connectivity index (χ3v) is 9.10. The topological polar surface area (TPSA) is 148 Å². The van der Waals surface area contributed by atoms with E-state index in [0.717, 1.165) is 12.3 Å². The van der Waals surface area contributed by atoms with Crippen molar-refractivity contribution in [2.75, 3.05) is 29.4 Å². The van der Waals surface area contributed by atoms with E-state index in [-0.39, 0.29) is 27.2 Å². The zero-order valence-corrected chi connectivity index (χ0v) is 23.1. The number of fused-ring (bicyclic) bond motifs is 1. The molecule has 0 saturated carbocycles. The number of anilines is 2. The second-order valence-corrected chi connectivity index (χ2v) is 13.3. The molecule has 2 aromatic heterocycles. The lowest BCUT2D eigenvalue weighted by Gasteiger charge is -2.36. The van der Waals surface area contributed by atoms with Crippen molar-refractivity contribution >= 4 is 59.8 Å². The Balaban J connectivity index is 1.29. The SMILES string of the molecule is Cn1nc2cc(NS(=O)(=O)c3cnn(CC4CN(S(C)(=O)=O)C4)c3)ccc2c1C(=O)Nc1ccc(F)c(Cl)c1. The number of sulfonamides is 2. The lowest BCUT2D eigenvalue weighted by Crippen LogP contribution is -2.50. The number of halogens is 2. The summed E-state index contributed by atoms with van der Waals surface area (Å²) in [6.07, 6.45) is 3.75. The highest BCUT2D eigenvalue weighted by atomic mass is 35.5. The van der Waals surface area contributed by atoms with Gasteiger partial charge in [-0.1, -0.05) is 11.6 Å². The standard InChI is InChI=1S/C23H23ClFN7O5S2/c1-30-22(23(33)27-15-4-6-20(25)19(24)7-15)18-5-3-16(8-21(18)28-30)29-39(36,37)17-9-26-31(13-17)10-14-11-32(12-14)38(2,34)35/h3-9,13-14,29H,10-12H2,1-2H3,(H,27,33). The number of amides is 1. The predicted molar refractivity (Wildman–Crippen MR) is 143 cm³/mol. The number of rotatable bonds is 8. The molecule has 4 aromatic rings. The maximum absolute atomic E-state index is 13.4. The molecule has 1 aliphatic rings. The Morgan fingerprint density at radius 2 is 1.85 bits per heavy atom. The van der Waals surface area contributed by atoms with Crippen LogP contribution < -0.4 is 10.0 Å². The summed E-state index contributed by atoms with van der Waals surface area (Å²) < 4.78 is 69.1. The fraction of sp³-hybridized carbons (Fsp3) is 0.261. The predicted octanol–water partition coefficient (Wildman–Crippen LogP) is 2.51. The fourth-order valence-corrected chi connectivity index (χ4v) is 6.41. The van der Waals surface area contributed by atoms with E-state index in [4.69, 9.17) is 11.6 Å². The van der Waals surface area contributed by atoms with Crippen LogP contribution in [0.25, 0.3) is 10.9 Å². The molecule has 206 valence electrons. The average molecular weight is 596 g/mol. The lowest BCUT2D eigenvalue weighted by molar-refractivity contribution is 0.101. The van der Waals surface area contributed by atoms with E-state index in [1.54, 1.807) is 13.1 Å². The molecule has 3 heterocycles. The van der Waals surface area contributed by atoms with Gasteiger partial charge in [-0.2, -0.15) is 10.2 Å². The molecule has 16 heteroatoms. The normalized spacial score (nSPS) is 14.9. The van der Waals surface area contributed by atoms with Crippen LogP contribution >= 0.6 is 11.6 Å². The molecule has 1 aliphatic heterocycles. The fourth-order valence-electron chi connectivity index (χ4n) is 4.27.